The molecule has 0 aromatic carbocycles. The predicted octanol–water partition coefficient (Wildman–Crippen LogP) is 4.72. The van der Waals surface area contributed by atoms with Crippen molar-refractivity contribution in [3.8, 4) is 0 Å². The summed E-state index contributed by atoms with van der Waals surface area (Å²) < 4.78 is 60.5. The van der Waals surface area contributed by atoms with Gasteiger partial charge in [-0.05, 0) is 67.1 Å². The van der Waals surface area contributed by atoms with Gasteiger partial charge in [0.2, 0.25) is 17.8 Å². The van der Waals surface area contributed by atoms with Crippen molar-refractivity contribution in [2.24, 2.45) is 17.8 Å². The van der Waals surface area contributed by atoms with Gasteiger partial charge >= 0.3 is 0 Å². The Morgan fingerprint density at radius 1 is 1.02 bits per heavy atom. The molecule has 0 bridgehead atoms. The minimum absolute atomic E-state index is 0.00829. The Balaban J connectivity index is 1.23. The largest absolute Gasteiger partial charge is 0.349 e. The zero-order valence-electron chi connectivity index (χ0n) is 22.5. The molecule has 3 fully saturated rings. The number of carbonyl (C=O) groups is 2. The number of fused-ring (bicyclic) bond motifs is 1. The molecule has 6 rings (SSSR count). The van der Waals surface area contributed by atoms with Gasteiger partial charge in [-0.3, -0.25) is 9.59 Å². The van der Waals surface area contributed by atoms with Crippen LogP contribution in [0.15, 0.2) is 23.1 Å². The lowest BCUT2D eigenvalue weighted by Crippen LogP contribution is -2.39. The van der Waals surface area contributed by atoms with Crippen LogP contribution >= 0.6 is 0 Å². The fourth-order valence-corrected chi connectivity index (χ4v) is 6.03. The molecule has 0 aliphatic heterocycles. The van der Waals surface area contributed by atoms with Gasteiger partial charge in [0.05, 0.1) is 30.2 Å². The van der Waals surface area contributed by atoms with E-state index in [1.165, 1.54) is 0 Å². The molecule has 3 aromatic heterocycles. The Morgan fingerprint density at radius 3 is 2.37 bits per heavy atom. The van der Waals surface area contributed by atoms with E-state index in [1.807, 2.05) is 0 Å². The number of alkyl halides is 4. The second-order valence-electron chi connectivity index (χ2n) is 11.8. The molecule has 10 nitrogen and oxygen atoms in total. The second-order valence-corrected chi connectivity index (χ2v) is 11.8. The molecule has 14 heteroatoms. The lowest BCUT2D eigenvalue weighted by Gasteiger charge is -2.34. The number of hydrogen-bond acceptors (Lipinski definition) is 7. The molecule has 2 amide bonds. The van der Waals surface area contributed by atoms with Crippen LogP contribution in [0.4, 0.5) is 17.6 Å². The molecule has 3 saturated carbocycles. The number of nitrogens with one attached hydrogen (secondary N) is 2. The molecular weight excluding hydrogens is 546 g/mol. The van der Waals surface area contributed by atoms with E-state index in [0.29, 0.717) is 17.0 Å². The first-order valence-corrected chi connectivity index (χ1v) is 14.0. The number of nitrogens with zero attached hydrogens (tertiary/aromatic N) is 5. The third kappa shape index (κ3) is 6.05. The summed E-state index contributed by atoms with van der Waals surface area (Å²) in [5.74, 6) is -6.61. The van der Waals surface area contributed by atoms with Crippen LogP contribution < -0.4 is 10.6 Å². The monoisotopic (exact) mass is 577 g/mol. The zero-order valence-corrected chi connectivity index (χ0v) is 22.5. The van der Waals surface area contributed by atoms with Crippen LogP contribution in [0.1, 0.15) is 97.3 Å². The van der Waals surface area contributed by atoms with E-state index >= 15 is 0 Å². The number of aromatic nitrogens is 5. The van der Waals surface area contributed by atoms with Crippen molar-refractivity contribution >= 4 is 17.5 Å². The van der Waals surface area contributed by atoms with Gasteiger partial charge in [0, 0.05) is 32.1 Å². The smallest absolute Gasteiger partial charge is 0.276 e. The van der Waals surface area contributed by atoms with Crippen molar-refractivity contribution in [3.05, 3.63) is 41.1 Å². The van der Waals surface area contributed by atoms with Crippen molar-refractivity contribution < 1.29 is 31.8 Å². The van der Waals surface area contributed by atoms with Crippen LogP contribution in [0.5, 0.6) is 0 Å². The number of hydrogen-bond donors (Lipinski definition) is 2. The Labute approximate surface area is 232 Å². The Hall–Kier alpha value is -3.58. The molecule has 0 spiro atoms. The Bertz CT molecular complexity index is 1440. The minimum atomic E-state index is -2.74. The van der Waals surface area contributed by atoms with Crippen LogP contribution in [-0.2, 0) is 4.79 Å². The summed E-state index contributed by atoms with van der Waals surface area (Å²) >= 11 is 0. The summed E-state index contributed by atoms with van der Waals surface area (Å²) in [5, 5.41) is 17.7. The first kappa shape index (κ1) is 27.6. The van der Waals surface area contributed by atoms with Crippen LogP contribution in [0.25, 0.3) is 5.65 Å². The SMILES string of the molecule is Cc1nonc1C(=O)N[C@H](c1cn2ncc(C(NC(=O)CC3CC(F)(F)C3)C3CC3)cc2n1)C1CCC(F)(F)CC1. The van der Waals surface area contributed by atoms with Crippen LogP contribution in [0.3, 0.4) is 0 Å². The van der Waals surface area contributed by atoms with Crippen molar-refractivity contribution in [3.63, 3.8) is 0 Å². The summed E-state index contributed by atoms with van der Waals surface area (Å²) in [6, 6.07) is 0.801. The molecule has 3 heterocycles. The fourth-order valence-electron chi connectivity index (χ4n) is 6.03. The second kappa shape index (κ2) is 10.4. The normalized spacial score (nSPS) is 22.2. The number of halogens is 4. The van der Waals surface area contributed by atoms with Gasteiger partial charge in [-0.2, -0.15) is 5.10 Å². The predicted molar refractivity (Wildman–Crippen MR) is 135 cm³/mol. The van der Waals surface area contributed by atoms with E-state index in [2.05, 4.69) is 30.7 Å². The highest BCUT2D eigenvalue weighted by Crippen LogP contribution is 2.45. The van der Waals surface area contributed by atoms with Gasteiger partial charge < -0.3 is 10.6 Å². The molecule has 0 saturated heterocycles. The molecule has 0 radical (unpaired) electrons. The lowest BCUT2D eigenvalue weighted by atomic mass is 9.79. The van der Waals surface area contributed by atoms with Gasteiger partial charge in [0.25, 0.3) is 5.91 Å². The van der Waals surface area contributed by atoms with E-state index in [4.69, 9.17) is 4.98 Å². The number of carbonyl (C=O) groups excluding carboxylic acids is 2. The Morgan fingerprint density at radius 2 is 1.73 bits per heavy atom. The number of imidazole rings is 1. The van der Waals surface area contributed by atoms with E-state index in [-0.39, 0.29) is 80.3 Å². The van der Waals surface area contributed by atoms with Gasteiger partial charge in [0.15, 0.2) is 11.3 Å². The lowest BCUT2D eigenvalue weighted by molar-refractivity contribution is -0.134. The molecule has 41 heavy (non-hydrogen) atoms. The number of amides is 2. The van der Waals surface area contributed by atoms with Gasteiger partial charge in [-0.25, -0.2) is 31.7 Å². The number of rotatable bonds is 9. The highest BCUT2D eigenvalue weighted by atomic mass is 19.3. The summed E-state index contributed by atoms with van der Waals surface area (Å²) in [6.07, 6.45) is 4.50. The summed E-state index contributed by atoms with van der Waals surface area (Å²) in [6.45, 7) is 1.58. The summed E-state index contributed by atoms with van der Waals surface area (Å²) in [5.41, 5.74) is 1.98. The van der Waals surface area contributed by atoms with Crippen molar-refractivity contribution in [2.75, 3.05) is 0 Å². The van der Waals surface area contributed by atoms with E-state index < -0.39 is 23.8 Å². The fraction of sp³-hybridized carbons (Fsp3) is 0.630. The maximum atomic E-state index is 13.9. The average Bonchev–Trinajstić information content (AvgIpc) is 3.50. The zero-order chi connectivity index (χ0) is 28.9. The molecular formula is C27H31F4N7O3. The van der Waals surface area contributed by atoms with Crippen LogP contribution in [0.2, 0.25) is 0 Å². The third-order valence-corrected chi connectivity index (χ3v) is 8.48. The van der Waals surface area contributed by atoms with Gasteiger partial charge in [-0.15, -0.1) is 0 Å². The first-order chi connectivity index (χ1) is 19.5. The first-order valence-electron chi connectivity index (χ1n) is 14.0. The van der Waals surface area contributed by atoms with Crippen molar-refractivity contribution in [2.45, 2.75) is 88.6 Å². The van der Waals surface area contributed by atoms with E-state index in [0.717, 1.165) is 18.4 Å². The Kier molecular flexibility index (Phi) is 6.97. The molecule has 1 unspecified atom stereocenters. The maximum Gasteiger partial charge on any atom is 0.276 e. The summed E-state index contributed by atoms with van der Waals surface area (Å²) in [4.78, 5) is 30.4. The van der Waals surface area contributed by atoms with Gasteiger partial charge in [0.1, 0.15) is 5.69 Å². The van der Waals surface area contributed by atoms with Crippen molar-refractivity contribution in [1.29, 1.82) is 0 Å². The van der Waals surface area contributed by atoms with Crippen LogP contribution in [-0.4, -0.2) is 48.6 Å². The molecule has 2 N–H and O–H groups in total. The molecule has 3 aliphatic rings. The van der Waals surface area contributed by atoms with E-state index in [1.54, 1.807) is 29.9 Å². The summed E-state index contributed by atoms with van der Waals surface area (Å²) in [7, 11) is 0. The van der Waals surface area contributed by atoms with Gasteiger partial charge in [-0.1, -0.05) is 5.16 Å². The van der Waals surface area contributed by atoms with Crippen molar-refractivity contribution in [1.82, 2.24) is 35.5 Å². The minimum Gasteiger partial charge on any atom is -0.349 e. The maximum absolute atomic E-state index is 13.9. The van der Waals surface area contributed by atoms with E-state index in [9.17, 15) is 27.2 Å². The average molecular weight is 578 g/mol. The molecule has 3 aliphatic carbocycles. The number of aryl methyl sites for hydroxylation is 1. The topological polar surface area (TPSA) is 127 Å². The molecule has 3 aromatic rings. The molecule has 220 valence electrons. The van der Waals surface area contributed by atoms with Crippen LogP contribution in [0, 0.1) is 24.7 Å². The standard InChI is InChI=1S/C27H31F4N7O3/c1-14-22(37-41-36-14)25(40)35-24(17-4-6-26(28,29)7-5-17)19-13-38-20(33-19)9-18(12-32-38)23(16-2-3-16)34-21(39)8-15-10-27(30,31)11-15/h9,12-13,15-17,23-24H,2-8,10-11H2,1H3,(H,34,39)(H,35,40)/t23?,24-/m0/s1. The highest BCUT2D eigenvalue weighted by Gasteiger charge is 2.46. The quantitative estimate of drug-likeness (QED) is 0.352. The third-order valence-electron chi connectivity index (χ3n) is 8.48. The highest BCUT2D eigenvalue weighted by molar-refractivity contribution is 5.93. The molecule has 2 atom stereocenters.